The quantitative estimate of drug-likeness (QED) is 0.863. The van der Waals surface area contributed by atoms with Crippen LogP contribution < -0.4 is 5.32 Å². The monoisotopic (exact) mass is 371 g/mol. The van der Waals surface area contributed by atoms with Gasteiger partial charge in [0.05, 0.1) is 13.2 Å². The van der Waals surface area contributed by atoms with Crippen LogP contribution in [-0.4, -0.2) is 67.2 Å². The highest BCUT2D eigenvalue weighted by atomic mass is 16.5. The average molecular weight is 371 g/mol. The molecule has 1 atom stereocenters. The number of fused-ring (bicyclic) bond motifs is 1. The lowest BCUT2D eigenvalue weighted by Gasteiger charge is -2.37. The minimum Gasteiger partial charge on any atom is -0.378 e. The van der Waals surface area contributed by atoms with Crippen LogP contribution in [0.1, 0.15) is 30.4 Å². The molecule has 146 valence electrons. The number of hydrogen-bond acceptors (Lipinski definition) is 3. The summed E-state index contributed by atoms with van der Waals surface area (Å²) < 4.78 is 5.32. The molecule has 1 aromatic carbocycles. The second-order valence-electron chi connectivity index (χ2n) is 7.86. The van der Waals surface area contributed by atoms with Gasteiger partial charge in [0, 0.05) is 38.1 Å². The van der Waals surface area contributed by atoms with Crippen LogP contribution in [0.5, 0.6) is 0 Å². The summed E-state index contributed by atoms with van der Waals surface area (Å²) >= 11 is 0. The molecular weight excluding hydrogens is 342 g/mol. The van der Waals surface area contributed by atoms with E-state index in [9.17, 15) is 9.59 Å². The predicted molar refractivity (Wildman–Crippen MR) is 102 cm³/mol. The molecule has 6 heteroatoms. The summed E-state index contributed by atoms with van der Waals surface area (Å²) in [6.45, 7) is 4.05. The maximum absolute atomic E-state index is 12.7. The Bertz CT molecular complexity index is 679. The third-order valence-corrected chi connectivity index (χ3v) is 6.11. The number of aryl methyl sites for hydroxylation is 1. The number of piperidine rings is 1. The van der Waals surface area contributed by atoms with Gasteiger partial charge in [-0.3, -0.25) is 4.79 Å². The number of rotatable bonds is 2. The first-order chi connectivity index (χ1) is 13.2. The Morgan fingerprint density at radius 3 is 2.33 bits per heavy atom. The van der Waals surface area contributed by atoms with Crippen molar-refractivity contribution in [2.45, 2.75) is 38.1 Å². The van der Waals surface area contributed by atoms with E-state index < -0.39 is 0 Å². The summed E-state index contributed by atoms with van der Waals surface area (Å²) in [5.41, 5.74) is 2.70. The Kier molecular flexibility index (Phi) is 5.62. The molecule has 0 saturated carbocycles. The van der Waals surface area contributed by atoms with Gasteiger partial charge in [0.2, 0.25) is 5.91 Å². The summed E-state index contributed by atoms with van der Waals surface area (Å²) in [5.74, 6) is 0.260. The van der Waals surface area contributed by atoms with E-state index in [0.717, 1.165) is 32.1 Å². The lowest BCUT2D eigenvalue weighted by atomic mass is 9.83. The van der Waals surface area contributed by atoms with E-state index in [-0.39, 0.29) is 23.9 Å². The molecule has 0 radical (unpaired) electrons. The van der Waals surface area contributed by atoms with Crippen molar-refractivity contribution >= 4 is 11.9 Å². The number of urea groups is 1. The zero-order chi connectivity index (χ0) is 18.6. The highest BCUT2D eigenvalue weighted by molar-refractivity contribution is 5.80. The number of nitrogens with zero attached hydrogens (tertiary/aromatic N) is 2. The number of likely N-dealkylation sites (tertiary alicyclic amines) is 1. The summed E-state index contributed by atoms with van der Waals surface area (Å²) in [4.78, 5) is 29.1. The van der Waals surface area contributed by atoms with Gasteiger partial charge in [0.1, 0.15) is 0 Å². The Balaban J connectivity index is 1.24. The number of nitrogens with one attached hydrogen (secondary N) is 1. The first kappa shape index (κ1) is 18.3. The normalized spacial score (nSPS) is 23.6. The average Bonchev–Trinajstić information content (AvgIpc) is 2.74. The molecule has 2 aliphatic heterocycles. The second kappa shape index (κ2) is 8.30. The molecule has 0 unspecified atom stereocenters. The summed E-state index contributed by atoms with van der Waals surface area (Å²) in [7, 11) is 0. The van der Waals surface area contributed by atoms with E-state index in [1.165, 1.54) is 11.1 Å². The smallest absolute Gasteiger partial charge is 0.320 e. The molecule has 1 aliphatic carbocycles. The predicted octanol–water partition coefficient (Wildman–Crippen LogP) is 1.82. The number of ether oxygens (including phenoxy) is 1. The molecule has 2 saturated heterocycles. The molecule has 0 spiro atoms. The Labute approximate surface area is 160 Å². The van der Waals surface area contributed by atoms with Crippen LogP contribution in [0, 0.1) is 5.92 Å². The SMILES string of the molecule is O=C(NC1CCN(C(=O)N2CCOCC2)CC1)[C@@H]1CCc2ccccc2C1. The molecule has 6 nitrogen and oxygen atoms in total. The maximum atomic E-state index is 12.7. The fourth-order valence-electron chi connectivity index (χ4n) is 4.41. The van der Waals surface area contributed by atoms with Crippen LogP contribution in [0.25, 0.3) is 0 Å². The summed E-state index contributed by atoms with van der Waals surface area (Å²) in [6, 6.07) is 8.75. The van der Waals surface area contributed by atoms with E-state index in [0.29, 0.717) is 39.4 Å². The number of morpholine rings is 1. The molecule has 0 bridgehead atoms. The Morgan fingerprint density at radius 2 is 1.59 bits per heavy atom. The second-order valence-corrected chi connectivity index (χ2v) is 7.86. The van der Waals surface area contributed by atoms with Gasteiger partial charge in [-0.25, -0.2) is 4.79 Å². The number of carbonyl (C=O) groups is 2. The Hall–Kier alpha value is -2.08. The van der Waals surface area contributed by atoms with Crippen molar-refractivity contribution in [2.24, 2.45) is 5.92 Å². The van der Waals surface area contributed by atoms with Crippen LogP contribution in [-0.2, 0) is 22.4 Å². The number of amides is 3. The molecule has 2 fully saturated rings. The van der Waals surface area contributed by atoms with E-state index in [1.54, 1.807) is 0 Å². The van der Waals surface area contributed by atoms with Crippen molar-refractivity contribution in [1.82, 2.24) is 15.1 Å². The first-order valence-electron chi connectivity index (χ1n) is 10.2. The molecular formula is C21H29N3O3. The van der Waals surface area contributed by atoms with E-state index in [2.05, 4.69) is 29.6 Å². The van der Waals surface area contributed by atoms with Crippen molar-refractivity contribution in [3.8, 4) is 0 Å². The third kappa shape index (κ3) is 4.26. The van der Waals surface area contributed by atoms with Gasteiger partial charge < -0.3 is 19.9 Å². The number of carbonyl (C=O) groups excluding carboxylic acids is 2. The van der Waals surface area contributed by atoms with E-state index >= 15 is 0 Å². The van der Waals surface area contributed by atoms with Gasteiger partial charge in [-0.05, 0) is 43.2 Å². The van der Waals surface area contributed by atoms with E-state index in [4.69, 9.17) is 4.74 Å². The molecule has 4 rings (SSSR count). The fraction of sp³-hybridized carbons (Fsp3) is 0.619. The third-order valence-electron chi connectivity index (χ3n) is 6.11. The molecule has 1 aromatic rings. The van der Waals surface area contributed by atoms with Gasteiger partial charge >= 0.3 is 6.03 Å². The van der Waals surface area contributed by atoms with Crippen molar-refractivity contribution in [3.05, 3.63) is 35.4 Å². The Morgan fingerprint density at radius 1 is 0.926 bits per heavy atom. The van der Waals surface area contributed by atoms with Crippen molar-refractivity contribution < 1.29 is 14.3 Å². The van der Waals surface area contributed by atoms with Crippen LogP contribution in [0.2, 0.25) is 0 Å². The highest BCUT2D eigenvalue weighted by Gasteiger charge is 2.30. The van der Waals surface area contributed by atoms with Crippen molar-refractivity contribution in [1.29, 1.82) is 0 Å². The number of hydrogen-bond donors (Lipinski definition) is 1. The van der Waals surface area contributed by atoms with E-state index in [1.807, 2.05) is 9.80 Å². The molecule has 27 heavy (non-hydrogen) atoms. The minimum absolute atomic E-state index is 0.0768. The van der Waals surface area contributed by atoms with Crippen molar-refractivity contribution in [3.63, 3.8) is 0 Å². The molecule has 1 N–H and O–H groups in total. The van der Waals surface area contributed by atoms with Crippen LogP contribution in [0.3, 0.4) is 0 Å². The van der Waals surface area contributed by atoms with Gasteiger partial charge in [0.25, 0.3) is 0 Å². The fourth-order valence-corrected chi connectivity index (χ4v) is 4.41. The largest absolute Gasteiger partial charge is 0.378 e. The van der Waals surface area contributed by atoms with Gasteiger partial charge in [0.15, 0.2) is 0 Å². The lowest BCUT2D eigenvalue weighted by molar-refractivity contribution is -0.126. The summed E-state index contributed by atoms with van der Waals surface area (Å²) in [5, 5.41) is 3.25. The highest BCUT2D eigenvalue weighted by Crippen LogP contribution is 2.26. The molecule has 0 aromatic heterocycles. The standard InChI is InChI=1S/C21H29N3O3/c25-20(18-6-5-16-3-1-2-4-17(16)15-18)22-19-7-9-23(10-8-19)21(26)24-11-13-27-14-12-24/h1-4,18-19H,5-15H2,(H,22,25)/t18-/m1/s1. The van der Waals surface area contributed by atoms with Gasteiger partial charge in [-0.2, -0.15) is 0 Å². The van der Waals surface area contributed by atoms with Crippen LogP contribution in [0.4, 0.5) is 4.79 Å². The van der Waals surface area contributed by atoms with Crippen LogP contribution in [0.15, 0.2) is 24.3 Å². The summed E-state index contributed by atoms with van der Waals surface area (Å²) in [6.07, 6.45) is 4.44. The zero-order valence-corrected chi connectivity index (χ0v) is 15.9. The maximum Gasteiger partial charge on any atom is 0.320 e. The molecule has 2 heterocycles. The number of benzene rings is 1. The topological polar surface area (TPSA) is 61.9 Å². The van der Waals surface area contributed by atoms with Crippen molar-refractivity contribution in [2.75, 3.05) is 39.4 Å². The molecule has 3 aliphatic rings. The van der Waals surface area contributed by atoms with Gasteiger partial charge in [-0.1, -0.05) is 24.3 Å². The lowest BCUT2D eigenvalue weighted by Crippen LogP contribution is -2.53. The first-order valence-corrected chi connectivity index (χ1v) is 10.2. The zero-order valence-electron chi connectivity index (χ0n) is 15.9. The van der Waals surface area contributed by atoms with Gasteiger partial charge in [-0.15, -0.1) is 0 Å². The molecule has 3 amide bonds. The van der Waals surface area contributed by atoms with Crippen LogP contribution >= 0.6 is 0 Å². The minimum atomic E-state index is 0.0768.